The monoisotopic (exact) mass is 460 g/mol. The Labute approximate surface area is 195 Å². The number of H-pyrrole nitrogens is 1. The van der Waals surface area contributed by atoms with Gasteiger partial charge in [-0.25, -0.2) is 4.39 Å². The van der Waals surface area contributed by atoms with E-state index in [1.54, 1.807) is 36.2 Å². The predicted octanol–water partition coefficient (Wildman–Crippen LogP) is 3.41. The van der Waals surface area contributed by atoms with Crippen molar-refractivity contribution in [2.75, 3.05) is 27.7 Å². The number of carbonyl (C=O) groups excluding carboxylic acids is 2. The average Bonchev–Trinajstić information content (AvgIpc) is 3.46. The van der Waals surface area contributed by atoms with Crippen LogP contribution in [0.3, 0.4) is 0 Å². The number of fused-ring (bicyclic) bond motifs is 2. The minimum absolute atomic E-state index is 0.195. The molecule has 1 unspecified atom stereocenters. The number of amides is 2. The number of likely N-dealkylation sites (N-methyl/N-ethyl adjacent to an activating group) is 1. The summed E-state index contributed by atoms with van der Waals surface area (Å²) in [5, 5.41) is 3.83. The van der Waals surface area contributed by atoms with E-state index in [-0.39, 0.29) is 17.3 Å². The fraction of sp³-hybridized carbons (Fsp3) is 0.231. The van der Waals surface area contributed by atoms with E-state index in [0.717, 1.165) is 10.9 Å². The first-order valence-electron chi connectivity index (χ1n) is 11.0. The van der Waals surface area contributed by atoms with E-state index in [2.05, 4.69) is 10.3 Å². The highest BCUT2D eigenvalue weighted by Crippen LogP contribution is 2.38. The molecular weight excluding hydrogens is 435 g/mol. The lowest BCUT2D eigenvalue weighted by Gasteiger charge is -2.20. The number of halogens is 1. The summed E-state index contributed by atoms with van der Waals surface area (Å²) in [5.74, 6) is -1.36. The standard InChI is InChI=1S/C26H25FN4O3/c1-30(2)12-15(34-3)13-31-14-19(17-8-6-9-20(27)24(17)31)23-22(25(32)29-26(23)33)18-11-28-21-10-5-4-7-16(18)21/h4-11,14-15,28H,12-13H2,1-3H3,(H,29,32,33). The summed E-state index contributed by atoms with van der Waals surface area (Å²) in [6.45, 7) is 1.03. The molecule has 0 spiro atoms. The highest BCUT2D eigenvalue weighted by molar-refractivity contribution is 6.50. The molecule has 7 nitrogen and oxygen atoms in total. The van der Waals surface area contributed by atoms with E-state index in [0.29, 0.717) is 35.1 Å². The number of nitrogens with zero attached hydrogens (tertiary/aromatic N) is 2. The van der Waals surface area contributed by atoms with Crippen LogP contribution in [0, 0.1) is 5.82 Å². The zero-order valence-corrected chi connectivity index (χ0v) is 19.2. The van der Waals surface area contributed by atoms with Crippen molar-refractivity contribution in [1.29, 1.82) is 0 Å². The number of aromatic amines is 1. The van der Waals surface area contributed by atoms with Gasteiger partial charge in [-0.3, -0.25) is 14.9 Å². The maximum absolute atomic E-state index is 15.1. The third kappa shape index (κ3) is 3.61. The number of nitrogens with one attached hydrogen (secondary N) is 2. The number of imide groups is 1. The van der Waals surface area contributed by atoms with Crippen LogP contribution < -0.4 is 5.32 Å². The van der Waals surface area contributed by atoms with Crippen molar-refractivity contribution in [1.82, 2.24) is 19.8 Å². The molecule has 2 aromatic carbocycles. The number of methoxy groups -OCH3 is 1. The summed E-state index contributed by atoms with van der Waals surface area (Å²) in [7, 11) is 5.51. The molecule has 0 bridgehead atoms. The summed E-state index contributed by atoms with van der Waals surface area (Å²) in [6, 6.07) is 12.4. The van der Waals surface area contributed by atoms with Gasteiger partial charge >= 0.3 is 0 Å². The Hall–Kier alpha value is -3.75. The third-order valence-corrected chi connectivity index (χ3v) is 6.21. The van der Waals surface area contributed by atoms with E-state index < -0.39 is 17.6 Å². The van der Waals surface area contributed by atoms with Crippen LogP contribution in [0.1, 0.15) is 11.1 Å². The van der Waals surface area contributed by atoms with Gasteiger partial charge < -0.3 is 19.2 Å². The van der Waals surface area contributed by atoms with E-state index in [1.807, 2.05) is 43.3 Å². The molecular formula is C26H25FN4O3. The van der Waals surface area contributed by atoms with Gasteiger partial charge in [-0.15, -0.1) is 0 Å². The SMILES string of the molecule is COC(CN(C)C)Cn1cc(C2=C(c3c[nH]c4ccccc34)C(=O)NC2=O)c2cccc(F)c21. The summed E-state index contributed by atoms with van der Waals surface area (Å²) in [4.78, 5) is 31.2. The Morgan fingerprint density at radius 1 is 1.00 bits per heavy atom. The summed E-state index contributed by atoms with van der Waals surface area (Å²) in [5.41, 5.74) is 2.90. The van der Waals surface area contributed by atoms with Crippen molar-refractivity contribution >= 4 is 44.8 Å². The zero-order chi connectivity index (χ0) is 24.0. The van der Waals surface area contributed by atoms with Crippen molar-refractivity contribution in [2.24, 2.45) is 0 Å². The van der Waals surface area contributed by atoms with Crippen LogP contribution in [-0.2, 0) is 20.9 Å². The molecule has 0 aliphatic carbocycles. The number of aromatic nitrogens is 2. The Bertz CT molecular complexity index is 1460. The molecule has 34 heavy (non-hydrogen) atoms. The van der Waals surface area contributed by atoms with Gasteiger partial charge in [-0.1, -0.05) is 30.3 Å². The molecule has 3 heterocycles. The van der Waals surface area contributed by atoms with Gasteiger partial charge in [0, 0.05) is 53.5 Å². The number of benzene rings is 2. The van der Waals surface area contributed by atoms with Crippen LogP contribution >= 0.6 is 0 Å². The van der Waals surface area contributed by atoms with Crippen molar-refractivity contribution in [3.63, 3.8) is 0 Å². The molecule has 174 valence electrons. The molecule has 1 aliphatic heterocycles. The number of hydrogen-bond acceptors (Lipinski definition) is 4. The van der Waals surface area contributed by atoms with Crippen LogP contribution in [0.25, 0.3) is 33.0 Å². The van der Waals surface area contributed by atoms with Gasteiger partial charge in [0.15, 0.2) is 0 Å². The highest BCUT2D eigenvalue weighted by atomic mass is 19.1. The molecule has 0 fully saturated rings. The fourth-order valence-electron chi connectivity index (χ4n) is 4.74. The number of para-hydroxylation sites is 2. The second kappa shape index (κ2) is 8.55. The van der Waals surface area contributed by atoms with E-state index >= 15 is 4.39 Å². The van der Waals surface area contributed by atoms with Gasteiger partial charge in [0.25, 0.3) is 11.8 Å². The second-order valence-electron chi connectivity index (χ2n) is 8.73. The Kier molecular flexibility index (Phi) is 5.55. The predicted molar refractivity (Wildman–Crippen MR) is 130 cm³/mol. The molecule has 0 saturated heterocycles. The molecule has 2 N–H and O–H groups in total. The summed E-state index contributed by atoms with van der Waals surface area (Å²) >= 11 is 0. The van der Waals surface area contributed by atoms with Gasteiger partial charge in [0.05, 0.1) is 29.3 Å². The van der Waals surface area contributed by atoms with Gasteiger partial charge in [0.2, 0.25) is 0 Å². The zero-order valence-electron chi connectivity index (χ0n) is 19.2. The molecule has 1 aliphatic rings. The quantitative estimate of drug-likeness (QED) is 0.415. The van der Waals surface area contributed by atoms with Crippen LogP contribution in [0.5, 0.6) is 0 Å². The first-order chi connectivity index (χ1) is 16.4. The van der Waals surface area contributed by atoms with Crippen LogP contribution in [0.2, 0.25) is 0 Å². The number of rotatable bonds is 7. The van der Waals surface area contributed by atoms with Crippen molar-refractivity contribution in [3.05, 3.63) is 71.8 Å². The Balaban J connectivity index is 1.73. The van der Waals surface area contributed by atoms with Gasteiger partial charge in [0.1, 0.15) is 5.82 Å². The van der Waals surface area contributed by atoms with Crippen LogP contribution in [0.15, 0.2) is 54.9 Å². The van der Waals surface area contributed by atoms with Crippen LogP contribution in [-0.4, -0.2) is 60.1 Å². The van der Waals surface area contributed by atoms with Gasteiger partial charge in [-0.05, 0) is 26.2 Å². The molecule has 1 atom stereocenters. The number of carbonyl (C=O) groups is 2. The normalized spacial score (nSPS) is 15.2. The summed E-state index contributed by atoms with van der Waals surface area (Å²) < 4.78 is 22.4. The smallest absolute Gasteiger partial charge is 0.259 e. The van der Waals surface area contributed by atoms with E-state index in [1.165, 1.54) is 6.07 Å². The Morgan fingerprint density at radius 2 is 1.71 bits per heavy atom. The fourth-order valence-corrected chi connectivity index (χ4v) is 4.74. The van der Waals surface area contributed by atoms with Crippen molar-refractivity contribution < 1.29 is 18.7 Å². The molecule has 8 heteroatoms. The minimum atomic E-state index is -0.495. The average molecular weight is 461 g/mol. The maximum atomic E-state index is 15.1. The minimum Gasteiger partial charge on any atom is -0.378 e. The van der Waals surface area contributed by atoms with Crippen molar-refractivity contribution in [3.8, 4) is 0 Å². The van der Waals surface area contributed by atoms with Crippen LogP contribution in [0.4, 0.5) is 4.39 Å². The Morgan fingerprint density at radius 3 is 2.44 bits per heavy atom. The van der Waals surface area contributed by atoms with Crippen molar-refractivity contribution in [2.45, 2.75) is 12.6 Å². The molecule has 2 aromatic heterocycles. The molecule has 0 saturated carbocycles. The lowest BCUT2D eigenvalue weighted by molar-refractivity contribution is -0.122. The maximum Gasteiger partial charge on any atom is 0.259 e. The highest BCUT2D eigenvalue weighted by Gasteiger charge is 2.35. The molecule has 0 radical (unpaired) electrons. The molecule has 5 rings (SSSR count). The van der Waals surface area contributed by atoms with E-state index in [4.69, 9.17) is 4.74 Å². The molecule has 2 amide bonds. The summed E-state index contributed by atoms with van der Waals surface area (Å²) in [6.07, 6.45) is 3.28. The second-order valence-corrected chi connectivity index (χ2v) is 8.73. The number of ether oxygens (including phenoxy) is 1. The lowest BCUT2D eigenvalue weighted by Crippen LogP contribution is -2.31. The first kappa shape index (κ1) is 22.1. The number of hydrogen-bond donors (Lipinski definition) is 2. The lowest BCUT2D eigenvalue weighted by atomic mass is 9.95. The van der Waals surface area contributed by atoms with Gasteiger partial charge in [-0.2, -0.15) is 0 Å². The molecule has 4 aromatic rings. The first-order valence-corrected chi connectivity index (χ1v) is 11.0. The largest absolute Gasteiger partial charge is 0.378 e. The van der Waals surface area contributed by atoms with E-state index in [9.17, 15) is 9.59 Å². The topological polar surface area (TPSA) is 79.4 Å². The third-order valence-electron chi connectivity index (χ3n) is 6.21.